The Kier molecular flexibility index (Phi) is 8.94. The molecule has 0 aliphatic carbocycles. The maximum atomic E-state index is 5.15. The van der Waals surface area contributed by atoms with Crippen molar-refractivity contribution in [3.05, 3.63) is 212 Å². The Hall–Kier alpha value is -7.23. The van der Waals surface area contributed by atoms with E-state index in [0.29, 0.717) is 17.5 Å². The molecule has 9 aromatic rings. The van der Waals surface area contributed by atoms with Crippen LogP contribution in [-0.2, 0) is 0 Å². The molecule has 3 nitrogen and oxygen atoms in total. The van der Waals surface area contributed by atoms with Crippen molar-refractivity contribution in [3.63, 3.8) is 0 Å². The Morgan fingerprint density at radius 1 is 0.185 bits per heavy atom. The molecule has 0 aliphatic heterocycles. The normalized spacial score (nSPS) is 11.0. The van der Waals surface area contributed by atoms with Gasteiger partial charge in [-0.25, -0.2) is 15.0 Å². The first kappa shape index (κ1) is 32.7. The standard InChI is InChI=1S/C51H35N3/c1-4-14-36(15-5-1)38-26-28-40(29-27-38)43-20-12-22-45(34-43)50-52-49(42-32-30-39(31-33-42)37-16-6-2-7-17-37)53-51(54-50)46-23-13-21-44(35-46)48-25-11-10-24-47(48)41-18-8-3-9-19-41/h1-35H. The lowest BCUT2D eigenvalue weighted by Gasteiger charge is -2.13. The van der Waals surface area contributed by atoms with E-state index in [1.807, 2.05) is 12.1 Å². The molecule has 9 rings (SSSR count). The van der Waals surface area contributed by atoms with Crippen LogP contribution in [-0.4, -0.2) is 15.0 Å². The van der Waals surface area contributed by atoms with Crippen LogP contribution < -0.4 is 0 Å². The van der Waals surface area contributed by atoms with Crippen molar-refractivity contribution in [2.45, 2.75) is 0 Å². The SMILES string of the molecule is c1ccc(-c2ccc(-c3cccc(-c4nc(-c5ccc(-c6ccccc6)cc5)nc(-c5cccc(-c6ccccc6-c6ccccc6)c5)n4)c3)cc2)cc1. The van der Waals surface area contributed by atoms with Crippen molar-refractivity contribution in [1.29, 1.82) is 0 Å². The smallest absolute Gasteiger partial charge is 0.164 e. The molecule has 0 N–H and O–H groups in total. The second kappa shape index (κ2) is 14.8. The van der Waals surface area contributed by atoms with Gasteiger partial charge in [0, 0.05) is 16.7 Å². The predicted octanol–water partition coefficient (Wildman–Crippen LogP) is 13.2. The molecule has 0 unspecified atom stereocenters. The molecule has 0 saturated heterocycles. The first-order valence-electron chi connectivity index (χ1n) is 18.2. The van der Waals surface area contributed by atoms with E-state index in [0.717, 1.165) is 44.5 Å². The van der Waals surface area contributed by atoms with Crippen molar-refractivity contribution >= 4 is 0 Å². The zero-order chi connectivity index (χ0) is 36.1. The zero-order valence-corrected chi connectivity index (χ0v) is 29.5. The summed E-state index contributed by atoms with van der Waals surface area (Å²) in [5, 5.41) is 0. The summed E-state index contributed by atoms with van der Waals surface area (Å²) in [5.41, 5.74) is 14.3. The highest BCUT2D eigenvalue weighted by Gasteiger charge is 2.15. The molecule has 0 radical (unpaired) electrons. The molecule has 0 atom stereocenters. The van der Waals surface area contributed by atoms with E-state index in [9.17, 15) is 0 Å². The average Bonchev–Trinajstić information content (AvgIpc) is 3.27. The Morgan fingerprint density at radius 3 is 0.981 bits per heavy atom. The van der Waals surface area contributed by atoms with E-state index in [1.54, 1.807) is 0 Å². The van der Waals surface area contributed by atoms with E-state index >= 15 is 0 Å². The summed E-state index contributed by atoms with van der Waals surface area (Å²) in [6.45, 7) is 0. The Balaban J connectivity index is 1.13. The fraction of sp³-hybridized carbons (Fsp3) is 0. The van der Waals surface area contributed by atoms with Crippen LogP contribution in [0.5, 0.6) is 0 Å². The van der Waals surface area contributed by atoms with Gasteiger partial charge in [0.05, 0.1) is 0 Å². The minimum absolute atomic E-state index is 0.624. The third kappa shape index (κ3) is 6.87. The minimum atomic E-state index is 0.624. The molecule has 0 saturated carbocycles. The third-order valence-corrected chi connectivity index (χ3v) is 9.78. The summed E-state index contributed by atoms with van der Waals surface area (Å²) in [6, 6.07) is 74.1. The number of benzene rings is 8. The van der Waals surface area contributed by atoms with Gasteiger partial charge in [0.1, 0.15) is 0 Å². The molecule has 1 aromatic heterocycles. The first-order valence-corrected chi connectivity index (χ1v) is 18.2. The van der Waals surface area contributed by atoms with E-state index in [2.05, 4.69) is 200 Å². The Labute approximate surface area is 316 Å². The van der Waals surface area contributed by atoms with Crippen LogP contribution in [0, 0.1) is 0 Å². The summed E-state index contributed by atoms with van der Waals surface area (Å²) in [4.78, 5) is 15.4. The molecular weight excluding hydrogens is 655 g/mol. The highest BCUT2D eigenvalue weighted by molar-refractivity contribution is 5.85. The summed E-state index contributed by atoms with van der Waals surface area (Å²) in [6.07, 6.45) is 0. The third-order valence-electron chi connectivity index (χ3n) is 9.78. The van der Waals surface area contributed by atoms with Crippen molar-refractivity contribution in [2.24, 2.45) is 0 Å². The van der Waals surface area contributed by atoms with Crippen LogP contribution in [0.25, 0.3) is 89.8 Å². The van der Waals surface area contributed by atoms with Crippen LogP contribution in [0.2, 0.25) is 0 Å². The monoisotopic (exact) mass is 689 g/mol. The van der Waals surface area contributed by atoms with Gasteiger partial charge >= 0.3 is 0 Å². The number of hydrogen-bond donors (Lipinski definition) is 0. The molecule has 0 fully saturated rings. The molecule has 0 spiro atoms. The fourth-order valence-corrected chi connectivity index (χ4v) is 6.96. The molecule has 54 heavy (non-hydrogen) atoms. The second-order valence-electron chi connectivity index (χ2n) is 13.3. The molecule has 0 bridgehead atoms. The van der Waals surface area contributed by atoms with Crippen LogP contribution in [0.3, 0.4) is 0 Å². The van der Waals surface area contributed by atoms with Gasteiger partial charge in [0.15, 0.2) is 17.5 Å². The molecule has 1 heterocycles. The number of rotatable bonds is 8. The minimum Gasteiger partial charge on any atom is -0.208 e. The maximum Gasteiger partial charge on any atom is 0.164 e. The van der Waals surface area contributed by atoms with Crippen LogP contribution >= 0.6 is 0 Å². The van der Waals surface area contributed by atoms with Gasteiger partial charge in [-0.15, -0.1) is 0 Å². The fourth-order valence-electron chi connectivity index (χ4n) is 6.96. The topological polar surface area (TPSA) is 38.7 Å². The van der Waals surface area contributed by atoms with Crippen LogP contribution in [0.4, 0.5) is 0 Å². The summed E-state index contributed by atoms with van der Waals surface area (Å²) in [7, 11) is 0. The van der Waals surface area contributed by atoms with Gasteiger partial charge in [-0.2, -0.15) is 0 Å². The summed E-state index contributed by atoms with van der Waals surface area (Å²) in [5.74, 6) is 1.88. The second-order valence-corrected chi connectivity index (χ2v) is 13.3. The van der Waals surface area contributed by atoms with Gasteiger partial charge in [-0.3, -0.25) is 0 Å². The van der Waals surface area contributed by atoms with Crippen molar-refractivity contribution < 1.29 is 0 Å². The molecular formula is C51H35N3. The lowest BCUT2D eigenvalue weighted by atomic mass is 9.93. The lowest BCUT2D eigenvalue weighted by molar-refractivity contribution is 1.07. The largest absolute Gasteiger partial charge is 0.208 e. The van der Waals surface area contributed by atoms with E-state index in [1.165, 1.54) is 27.8 Å². The van der Waals surface area contributed by atoms with E-state index < -0.39 is 0 Å². The highest BCUT2D eigenvalue weighted by atomic mass is 15.0. The van der Waals surface area contributed by atoms with Gasteiger partial charge in [-0.05, 0) is 67.8 Å². The summed E-state index contributed by atoms with van der Waals surface area (Å²) < 4.78 is 0. The average molecular weight is 690 g/mol. The number of aromatic nitrogens is 3. The van der Waals surface area contributed by atoms with E-state index in [4.69, 9.17) is 15.0 Å². The van der Waals surface area contributed by atoms with Crippen molar-refractivity contribution in [1.82, 2.24) is 15.0 Å². The number of hydrogen-bond acceptors (Lipinski definition) is 3. The molecule has 3 heteroatoms. The quantitative estimate of drug-likeness (QED) is 0.159. The molecule has 8 aromatic carbocycles. The Morgan fingerprint density at radius 2 is 0.481 bits per heavy atom. The zero-order valence-electron chi connectivity index (χ0n) is 29.5. The van der Waals surface area contributed by atoms with E-state index in [-0.39, 0.29) is 0 Å². The molecule has 0 amide bonds. The van der Waals surface area contributed by atoms with Crippen molar-refractivity contribution in [3.8, 4) is 89.8 Å². The van der Waals surface area contributed by atoms with Gasteiger partial charge in [0.25, 0.3) is 0 Å². The van der Waals surface area contributed by atoms with Crippen LogP contribution in [0.15, 0.2) is 212 Å². The lowest BCUT2D eigenvalue weighted by Crippen LogP contribution is -2.00. The summed E-state index contributed by atoms with van der Waals surface area (Å²) >= 11 is 0. The van der Waals surface area contributed by atoms with Crippen molar-refractivity contribution in [2.75, 3.05) is 0 Å². The highest BCUT2D eigenvalue weighted by Crippen LogP contribution is 2.35. The van der Waals surface area contributed by atoms with Crippen LogP contribution in [0.1, 0.15) is 0 Å². The van der Waals surface area contributed by atoms with Gasteiger partial charge in [0.2, 0.25) is 0 Å². The number of nitrogens with zero attached hydrogens (tertiary/aromatic N) is 3. The van der Waals surface area contributed by atoms with Gasteiger partial charge in [-0.1, -0.05) is 200 Å². The van der Waals surface area contributed by atoms with Gasteiger partial charge < -0.3 is 0 Å². The Bertz CT molecular complexity index is 2670. The first-order chi connectivity index (χ1) is 26.7. The molecule has 254 valence electrons. The molecule has 0 aliphatic rings. The maximum absolute atomic E-state index is 5.15. The predicted molar refractivity (Wildman–Crippen MR) is 223 cm³/mol.